The van der Waals surface area contributed by atoms with Crippen LogP contribution in [0.5, 0.6) is 0 Å². The summed E-state index contributed by atoms with van der Waals surface area (Å²) in [5.74, 6) is 2.78. The van der Waals surface area contributed by atoms with Crippen LogP contribution in [-0.2, 0) is 0 Å². The number of aliphatic hydroxyl groups is 1. The van der Waals surface area contributed by atoms with E-state index in [1.54, 1.807) is 0 Å². The molecule has 0 aromatic carbocycles. The highest BCUT2D eigenvalue weighted by Gasteiger charge is 2.27. The van der Waals surface area contributed by atoms with Crippen molar-refractivity contribution in [3.8, 4) is 0 Å². The SMILES string of the molecule is CC(C)CC(CC(C)C)NCC1CCCC1CO. The third-order valence-corrected chi connectivity index (χ3v) is 4.23. The maximum absolute atomic E-state index is 9.36. The van der Waals surface area contributed by atoms with Crippen molar-refractivity contribution in [1.82, 2.24) is 5.32 Å². The van der Waals surface area contributed by atoms with Gasteiger partial charge in [-0.25, -0.2) is 0 Å². The second kappa shape index (κ2) is 8.16. The average molecular weight is 255 g/mol. The number of aliphatic hydroxyl groups excluding tert-OH is 1. The second-order valence-electron chi connectivity index (χ2n) is 7.00. The van der Waals surface area contributed by atoms with Crippen molar-refractivity contribution in [1.29, 1.82) is 0 Å². The van der Waals surface area contributed by atoms with Gasteiger partial charge in [0, 0.05) is 12.6 Å². The fraction of sp³-hybridized carbons (Fsp3) is 1.00. The van der Waals surface area contributed by atoms with Crippen molar-refractivity contribution < 1.29 is 5.11 Å². The standard InChI is InChI=1S/C16H33NO/c1-12(2)8-16(9-13(3)4)17-10-14-6-5-7-15(14)11-18/h12-18H,5-11H2,1-4H3. The summed E-state index contributed by atoms with van der Waals surface area (Å²) in [7, 11) is 0. The highest BCUT2D eigenvalue weighted by molar-refractivity contribution is 4.80. The van der Waals surface area contributed by atoms with Gasteiger partial charge in [0.2, 0.25) is 0 Å². The van der Waals surface area contributed by atoms with Gasteiger partial charge in [0.05, 0.1) is 0 Å². The molecule has 18 heavy (non-hydrogen) atoms. The summed E-state index contributed by atoms with van der Waals surface area (Å²) < 4.78 is 0. The molecular formula is C16H33NO. The van der Waals surface area contributed by atoms with Gasteiger partial charge in [-0.3, -0.25) is 0 Å². The molecule has 108 valence electrons. The summed E-state index contributed by atoms with van der Waals surface area (Å²) in [5.41, 5.74) is 0. The van der Waals surface area contributed by atoms with Crippen LogP contribution in [0.25, 0.3) is 0 Å². The van der Waals surface area contributed by atoms with Crippen LogP contribution < -0.4 is 5.32 Å². The van der Waals surface area contributed by atoms with Crippen molar-refractivity contribution in [2.24, 2.45) is 23.7 Å². The van der Waals surface area contributed by atoms with Crippen LogP contribution in [0.15, 0.2) is 0 Å². The predicted molar refractivity (Wildman–Crippen MR) is 78.6 cm³/mol. The quantitative estimate of drug-likeness (QED) is 0.696. The van der Waals surface area contributed by atoms with Crippen molar-refractivity contribution in [2.45, 2.75) is 65.8 Å². The Morgan fingerprint density at radius 2 is 1.56 bits per heavy atom. The Kier molecular flexibility index (Phi) is 7.25. The summed E-state index contributed by atoms with van der Waals surface area (Å²) >= 11 is 0. The third kappa shape index (κ3) is 5.71. The van der Waals surface area contributed by atoms with Gasteiger partial charge in [0.15, 0.2) is 0 Å². The van der Waals surface area contributed by atoms with E-state index < -0.39 is 0 Å². The van der Waals surface area contributed by atoms with Gasteiger partial charge in [-0.1, -0.05) is 34.1 Å². The maximum Gasteiger partial charge on any atom is 0.0462 e. The van der Waals surface area contributed by atoms with Crippen LogP contribution in [0.2, 0.25) is 0 Å². The normalized spacial score (nSPS) is 24.7. The molecule has 1 aliphatic rings. The van der Waals surface area contributed by atoms with Crippen LogP contribution in [0, 0.1) is 23.7 Å². The van der Waals surface area contributed by atoms with Crippen molar-refractivity contribution in [3.63, 3.8) is 0 Å². The maximum atomic E-state index is 9.36. The molecule has 2 atom stereocenters. The highest BCUT2D eigenvalue weighted by atomic mass is 16.3. The minimum atomic E-state index is 0.380. The Morgan fingerprint density at radius 1 is 1.00 bits per heavy atom. The first-order valence-corrected chi connectivity index (χ1v) is 7.87. The van der Waals surface area contributed by atoms with E-state index in [1.807, 2.05) is 0 Å². The van der Waals surface area contributed by atoms with Gasteiger partial charge in [0.1, 0.15) is 0 Å². The van der Waals surface area contributed by atoms with Gasteiger partial charge in [-0.15, -0.1) is 0 Å². The van der Waals surface area contributed by atoms with E-state index in [1.165, 1.54) is 32.1 Å². The van der Waals surface area contributed by atoms with Crippen LogP contribution >= 0.6 is 0 Å². The summed E-state index contributed by atoms with van der Waals surface area (Å²) in [6.07, 6.45) is 6.37. The van der Waals surface area contributed by atoms with E-state index in [0.29, 0.717) is 24.5 Å². The fourth-order valence-electron chi connectivity index (χ4n) is 3.34. The topological polar surface area (TPSA) is 32.3 Å². The minimum Gasteiger partial charge on any atom is -0.396 e. The summed E-state index contributed by atoms with van der Waals surface area (Å²) in [6.45, 7) is 10.7. The molecule has 0 aromatic rings. The van der Waals surface area contributed by atoms with Gasteiger partial charge < -0.3 is 10.4 Å². The van der Waals surface area contributed by atoms with Gasteiger partial charge in [0.25, 0.3) is 0 Å². The van der Waals surface area contributed by atoms with Crippen LogP contribution in [0.1, 0.15) is 59.8 Å². The molecule has 1 rings (SSSR count). The van der Waals surface area contributed by atoms with Crippen molar-refractivity contribution in [2.75, 3.05) is 13.2 Å². The average Bonchev–Trinajstić information content (AvgIpc) is 2.71. The van der Waals surface area contributed by atoms with E-state index in [-0.39, 0.29) is 0 Å². The Labute approximate surface area is 114 Å². The first-order chi connectivity index (χ1) is 8.52. The molecule has 0 saturated heterocycles. The van der Waals surface area contributed by atoms with Gasteiger partial charge in [-0.05, 0) is 55.9 Å². The molecule has 0 spiro atoms. The van der Waals surface area contributed by atoms with E-state index in [9.17, 15) is 5.11 Å². The molecule has 0 amide bonds. The lowest BCUT2D eigenvalue weighted by Gasteiger charge is -2.26. The van der Waals surface area contributed by atoms with E-state index >= 15 is 0 Å². The molecule has 2 heteroatoms. The zero-order chi connectivity index (χ0) is 13.5. The molecule has 0 aliphatic heterocycles. The second-order valence-corrected chi connectivity index (χ2v) is 7.00. The fourth-order valence-corrected chi connectivity index (χ4v) is 3.34. The van der Waals surface area contributed by atoms with Crippen molar-refractivity contribution >= 4 is 0 Å². The van der Waals surface area contributed by atoms with Gasteiger partial charge in [-0.2, -0.15) is 0 Å². The Balaban J connectivity index is 2.35. The summed E-state index contributed by atoms with van der Waals surface area (Å²) in [5, 5.41) is 13.1. The third-order valence-electron chi connectivity index (χ3n) is 4.23. The van der Waals surface area contributed by atoms with Crippen molar-refractivity contribution in [3.05, 3.63) is 0 Å². The summed E-state index contributed by atoms with van der Waals surface area (Å²) in [6, 6.07) is 0.657. The molecule has 2 unspecified atom stereocenters. The molecule has 1 saturated carbocycles. The molecule has 0 aromatic heterocycles. The lowest BCUT2D eigenvalue weighted by atomic mass is 9.93. The molecule has 1 fully saturated rings. The Hall–Kier alpha value is -0.0800. The first-order valence-electron chi connectivity index (χ1n) is 7.87. The van der Waals surface area contributed by atoms with E-state index in [4.69, 9.17) is 0 Å². The number of hydrogen-bond donors (Lipinski definition) is 2. The molecule has 2 nitrogen and oxygen atoms in total. The lowest BCUT2D eigenvalue weighted by Crippen LogP contribution is -2.36. The molecule has 0 bridgehead atoms. The summed E-state index contributed by atoms with van der Waals surface area (Å²) in [4.78, 5) is 0. The van der Waals surface area contributed by atoms with E-state index in [2.05, 4.69) is 33.0 Å². The molecule has 0 radical (unpaired) electrons. The predicted octanol–water partition coefficient (Wildman–Crippen LogP) is 3.45. The largest absolute Gasteiger partial charge is 0.396 e. The number of nitrogens with one attached hydrogen (secondary N) is 1. The molecular weight excluding hydrogens is 222 g/mol. The Bertz CT molecular complexity index is 205. The first kappa shape index (κ1) is 16.0. The zero-order valence-electron chi connectivity index (χ0n) is 12.8. The molecule has 0 heterocycles. The monoisotopic (exact) mass is 255 g/mol. The zero-order valence-corrected chi connectivity index (χ0v) is 12.8. The smallest absolute Gasteiger partial charge is 0.0462 e. The van der Waals surface area contributed by atoms with Crippen LogP contribution in [0.3, 0.4) is 0 Å². The number of hydrogen-bond acceptors (Lipinski definition) is 2. The van der Waals surface area contributed by atoms with Crippen LogP contribution in [0.4, 0.5) is 0 Å². The van der Waals surface area contributed by atoms with E-state index in [0.717, 1.165) is 18.4 Å². The van der Waals surface area contributed by atoms with Crippen LogP contribution in [-0.4, -0.2) is 24.3 Å². The van der Waals surface area contributed by atoms with Gasteiger partial charge >= 0.3 is 0 Å². The molecule has 1 aliphatic carbocycles. The number of rotatable bonds is 8. The Morgan fingerprint density at radius 3 is 2.06 bits per heavy atom. The highest BCUT2D eigenvalue weighted by Crippen LogP contribution is 2.31. The minimum absolute atomic E-state index is 0.380. The molecule has 2 N–H and O–H groups in total. The lowest BCUT2D eigenvalue weighted by molar-refractivity contribution is 0.187.